The number of alkyl halides is 1. The molecule has 0 aliphatic rings. The number of carbonyl (C=O) groups is 1. The summed E-state index contributed by atoms with van der Waals surface area (Å²) < 4.78 is 5.00. The molecule has 0 saturated carbocycles. The van der Waals surface area contributed by atoms with Gasteiger partial charge in [-0.15, -0.1) is 11.6 Å². The van der Waals surface area contributed by atoms with Crippen LogP contribution in [0.2, 0.25) is 0 Å². The summed E-state index contributed by atoms with van der Waals surface area (Å²) in [5.41, 5.74) is -0.0419. The number of halogens is 1. The molecule has 1 aromatic carbocycles. The fraction of sp³-hybridized carbons (Fsp3) is 0.500. The number of ether oxygens (including phenoxy) is 1. The van der Waals surface area contributed by atoms with Gasteiger partial charge in [-0.25, -0.2) is 0 Å². The molecule has 0 fully saturated rings. The zero-order valence-corrected chi connectivity index (χ0v) is 12.7. The number of methoxy groups -OCH3 is 1. The lowest BCUT2D eigenvalue weighted by molar-refractivity contribution is -0.385. The number of rotatable bonds is 9. The lowest BCUT2D eigenvalue weighted by atomic mass is 10.1. The topological polar surface area (TPSA) is 81.5 Å². The first kappa shape index (κ1) is 17.2. The van der Waals surface area contributed by atoms with Crippen molar-refractivity contribution in [3.63, 3.8) is 0 Å². The van der Waals surface area contributed by atoms with Crippen LogP contribution >= 0.6 is 11.6 Å². The number of hydrogen-bond acceptors (Lipinski definition) is 4. The van der Waals surface area contributed by atoms with E-state index in [-0.39, 0.29) is 22.9 Å². The molecule has 1 rings (SSSR count). The van der Waals surface area contributed by atoms with Gasteiger partial charge in [0.25, 0.3) is 5.91 Å². The largest absolute Gasteiger partial charge is 0.490 e. The Hall–Kier alpha value is -1.82. The van der Waals surface area contributed by atoms with Crippen molar-refractivity contribution in [2.24, 2.45) is 0 Å². The van der Waals surface area contributed by atoms with E-state index in [2.05, 4.69) is 5.32 Å². The number of nitrogens with one attached hydrogen (secondary N) is 1. The summed E-state index contributed by atoms with van der Waals surface area (Å²) in [6, 6.07) is 4.28. The number of para-hydroxylation sites is 1. The highest BCUT2D eigenvalue weighted by Gasteiger charge is 2.22. The van der Waals surface area contributed by atoms with Gasteiger partial charge < -0.3 is 10.1 Å². The molecule has 116 valence electrons. The van der Waals surface area contributed by atoms with Gasteiger partial charge >= 0.3 is 5.69 Å². The van der Waals surface area contributed by atoms with Crippen molar-refractivity contribution in [3.05, 3.63) is 33.9 Å². The fourth-order valence-corrected chi connectivity index (χ4v) is 2.12. The lowest BCUT2D eigenvalue weighted by Crippen LogP contribution is -2.25. The standard InChI is InChI=1S/C14H19ClN2O4/c1-21-13-11(7-6-8-12(13)17(19)20)14(18)16-10-5-3-2-4-9-15/h6-8H,2-5,9-10H2,1H3,(H,16,18). The van der Waals surface area contributed by atoms with Crippen LogP contribution in [0, 0.1) is 10.1 Å². The Bertz CT molecular complexity index is 494. The monoisotopic (exact) mass is 314 g/mol. The smallest absolute Gasteiger partial charge is 0.311 e. The molecule has 21 heavy (non-hydrogen) atoms. The maximum absolute atomic E-state index is 12.1. The van der Waals surface area contributed by atoms with Crippen LogP contribution in [0.25, 0.3) is 0 Å². The molecular weight excluding hydrogens is 296 g/mol. The molecule has 0 atom stereocenters. The number of amides is 1. The Labute approximate surface area is 128 Å². The van der Waals surface area contributed by atoms with Crippen LogP contribution in [0.4, 0.5) is 5.69 Å². The van der Waals surface area contributed by atoms with Gasteiger partial charge in [0.15, 0.2) is 0 Å². The van der Waals surface area contributed by atoms with Crippen molar-refractivity contribution in [2.45, 2.75) is 25.7 Å². The van der Waals surface area contributed by atoms with Crippen molar-refractivity contribution in [3.8, 4) is 5.75 Å². The molecular formula is C14H19ClN2O4. The van der Waals surface area contributed by atoms with Gasteiger partial charge in [0.1, 0.15) is 0 Å². The van der Waals surface area contributed by atoms with E-state index in [1.54, 1.807) is 0 Å². The van der Waals surface area contributed by atoms with Gasteiger partial charge in [-0.2, -0.15) is 0 Å². The number of nitro groups is 1. The molecule has 1 N–H and O–H groups in total. The minimum Gasteiger partial charge on any atom is -0.490 e. The Balaban J connectivity index is 2.62. The number of carbonyl (C=O) groups excluding carboxylic acids is 1. The minimum atomic E-state index is -0.568. The molecule has 0 unspecified atom stereocenters. The Kier molecular flexibility index (Phi) is 7.53. The molecule has 0 aliphatic heterocycles. The second-order valence-corrected chi connectivity index (χ2v) is 4.85. The highest BCUT2D eigenvalue weighted by Crippen LogP contribution is 2.30. The first-order valence-corrected chi connectivity index (χ1v) is 7.30. The molecule has 0 aromatic heterocycles. The Morgan fingerprint density at radius 1 is 1.33 bits per heavy atom. The molecule has 0 heterocycles. The maximum Gasteiger partial charge on any atom is 0.311 e. The summed E-state index contributed by atoms with van der Waals surface area (Å²) >= 11 is 5.58. The van der Waals surface area contributed by atoms with Crippen molar-refractivity contribution in [1.82, 2.24) is 5.32 Å². The molecule has 7 heteroatoms. The third-order valence-corrected chi connectivity index (χ3v) is 3.25. The SMILES string of the molecule is COc1c(C(=O)NCCCCCCCl)cccc1[N+](=O)[O-]. The summed E-state index contributed by atoms with van der Waals surface area (Å²) in [6.07, 6.45) is 3.83. The minimum absolute atomic E-state index is 0.0119. The number of hydrogen-bond donors (Lipinski definition) is 1. The maximum atomic E-state index is 12.1. The van der Waals surface area contributed by atoms with E-state index in [0.29, 0.717) is 12.4 Å². The van der Waals surface area contributed by atoms with Crippen LogP contribution in [0.3, 0.4) is 0 Å². The summed E-state index contributed by atoms with van der Waals surface area (Å²) in [6.45, 7) is 0.521. The molecule has 0 saturated heterocycles. The summed E-state index contributed by atoms with van der Waals surface area (Å²) in [5, 5.41) is 13.6. The predicted molar refractivity (Wildman–Crippen MR) is 81.2 cm³/mol. The fourth-order valence-electron chi connectivity index (χ4n) is 1.93. The Morgan fingerprint density at radius 2 is 2.05 bits per heavy atom. The van der Waals surface area contributed by atoms with Gasteiger partial charge in [0.05, 0.1) is 17.6 Å². The van der Waals surface area contributed by atoms with Crippen molar-refractivity contribution < 1.29 is 14.5 Å². The van der Waals surface area contributed by atoms with Crippen molar-refractivity contribution >= 4 is 23.2 Å². The molecule has 1 amide bonds. The van der Waals surface area contributed by atoms with Crippen LogP contribution in [0.1, 0.15) is 36.0 Å². The average molecular weight is 315 g/mol. The van der Waals surface area contributed by atoms with Gasteiger partial charge in [-0.1, -0.05) is 18.9 Å². The molecule has 0 radical (unpaired) electrons. The predicted octanol–water partition coefficient (Wildman–Crippen LogP) is 3.13. The van der Waals surface area contributed by atoms with Crippen molar-refractivity contribution in [1.29, 1.82) is 0 Å². The second kappa shape index (κ2) is 9.18. The van der Waals surface area contributed by atoms with E-state index in [1.165, 1.54) is 25.3 Å². The summed E-state index contributed by atoms with van der Waals surface area (Å²) in [4.78, 5) is 22.4. The average Bonchev–Trinajstić information content (AvgIpc) is 2.49. The highest BCUT2D eigenvalue weighted by atomic mass is 35.5. The first-order valence-electron chi connectivity index (χ1n) is 6.77. The van der Waals surface area contributed by atoms with Gasteiger partial charge in [0.2, 0.25) is 5.75 Å². The molecule has 0 spiro atoms. The number of benzene rings is 1. The zero-order valence-electron chi connectivity index (χ0n) is 11.9. The van der Waals surface area contributed by atoms with E-state index >= 15 is 0 Å². The van der Waals surface area contributed by atoms with Gasteiger partial charge in [-0.05, 0) is 18.9 Å². The Morgan fingerprint density at radius 3 is 2.67 bits per heavy atom. The summed E-state index contributed by atoms with van der Waals surface area (Å²) in [5.74, 6) is 0.270. The highest BCUT2D eigenvalue weighted by molar-refractivity contribution is 6.17. The van der Waals surface area contributed by atoms with Gasteiger partial charge in [0, 0.05) is 18.5 Å². The van der Waals surface area contributed by atoms with Crippen LogP contribution in [-0.2, 0) is 0 Å². The van der Waals surface area contributed by atoms with Crippen LogP contribution < -0.4 is 10.1 Å². The van der Waals surface area contributed by atoms with E-state index in [0.717, 1.165) is 25.7 Å². The van der Waals surface area contributed by atoms with Crippen LogP contribution in [0.15, 0.2) is 18.2 Å². The lowest BCUT2D eigenvalue weighted by Gasteiger charge is -2.09. The van der Waals surface area contributed by atoms with Crippen molar-refractivity contribution in [2.75, 3.05) is 19.5 Å². The van der Waals surface area contributed by atoms with E-state index in [1.807, 2.05) is 0 Å². The van der Waals surface area contributed by atoms with Crippen LogP contribution in [0.5, 0.6) is 5.75 Å². The number of nitrogens with zero attached hydrogens (tertiary/aromatic N) is 1. The first-order chi connectivity index (χ1) is 10.1. The second-order valence-electron chi connectivity index (χ2n) is 4.47. The van der Waals surface area contributed by atoms with Gasteiger partial charge in [-0.3, -0.25) is 14.9 Å². The van der Waals surface area contributed by atoms with Crippen LogP contribution in [-0.4, -0.2) is 30.4 Å². The number of unbranched alkanes of at least 4 members (excludes halogenated alkanes) is 3. The van der Waals surface area contributed by atoms with E-state index in [9.17, 15) is 14.9 Å². The molecule has 1 aromatic rings. The zero-order chi connectivity index (χ0) is 15.7. The summed E-state index contributed by atoms with van der Waals surface area (Å²) in [7, 11) is 1.31. The van der Waals surface area contributed by atoms with E-state index < -0.39 is 4.92 Å². The quantitative estimate of drug-likeness (QED) is 0.328. The number of nitro benzene ring substituents is 1. The molecule has 0 aliphatic carbocycles. The normalized spacial score (nSPS) is 10.2. The third kappa shape index (κ3) is 5.23. The molecule has 0 bridgehead atoms. The third-order valence-electron chi connectivity index (χ3n) is 2.99. The van der Waals surface area contributed by atoms with E-state index in [4.69, 9.17) is 16.3 Å². The molecule has 6 nitrogen and oxygen atoms in total.